The number of pyridine rings is 2. The number of halogens is 3. The first-order valence-corrected chi connectivity index (χ1v) is 9.00. The number of nitrogens with zero attached hydrogens (tertiary/aromatic N) is 2. The molecule has 0 spiro atoms. The predicted molar refractivity (Wildman–Crippen MR) is 124 cm³/mol. The second-order valence-corrected chi connectivity index (χ2v) is 6.92. The summed E-state index contributed by atoms with van der Waals surface area (Å²) in [6.07, 6.45) is 3.09. The standard InChI is InChI=1S/C10H5Cl2NO.C10H6ClNO2.2CH4/c11-8-4-7-3-6(10(12)14)1-2-9(7)13-5-8;11-8-4-7-3-6(10(13)14)1-2-9(7)12-5-8;;/h1-5H;1-5H,(H,13,14);2*1H4. The Morgan fingerprint density at radius 2 is 1.17 bits per heavy atom. The molecule has 2 heterocycles. The number of carbonyl (C=O) groups excluding carboxylic acids is 1. The maximum atomic E-state index is 10.9. The van der Waals surface area contributed by atoms with Gasteiger partial charge in [-0.25, -0.2) is 4.79 Å². The summed E-state index contributed by atoms with van der Waals surface area (Å²) in [5.41, 5.74) is 2.21. The number of aromatic nitrogens is 2. The number of carboxylic acids is 1. The van der Waals surface area contributed by atoms with Gasteiger partial charge in [0.25, 0.3) is 5.24 Å². The Kier molecular flexibility index (Phi) is 9.18. The van der Waals surface area contributed by atoms with Crippen LogP contribution in [-0.4, -0.2) is 26.3 Å². The van der Waals surface area contributed by atoms with E-state index in [2.05, 4.69) is 9.97 Å². The molecule has 0 amide bonds. The minimum atomic E-state index is -0.952. The summed E-state index contributed by atoms with van der Waals surface area (Å²) in [6.45, 7) is 0. The highest BCUT2D eigenvalue weighted by Crippen LogP contribution is 2.19. The number of carbonyl (C=O) groups is 2. The molecule has 1 N–H and O–H groups in total. The Hall–Kier alpha value is -2.73. The molecule has 0 saturated carbocycles. The topological polar surface area (TPSA) is 80.2 Å². The minimum Gasteiger partial charge on any atom is -0.478 e. The lowest BCUT2D eigenvalue weighted by atomic mass is 10.1. The molecule has 0 unspecified atom stereocenters. The van der Waals surface area contributed by atoms with Gasteiger partial charge in [-0.2, -0.15) is 0 Å². The molecule has 0 atom stereocenters. The molecule has 0 saturated heterocycles. The van der Waals surface area contributed by atoms with Gasteiger partial charge >= 0.3 is 5.97 Å². The van der Waals surface area contributed by atoms with E-state index in [1.807, 2.05) is 0 Å². The van der Waals surface area contributed by atoms with Crippen molar-refractivity contribution >= 4 is 67.8 Å². The number of hydrogen-bond acceptors (Lipinski definition) is 4. The quantitative estimate of drug-likeness (QED) is 0.319. The second-order valence-electron chi connectivity index (χ2n) is 5.70. The summed E-state index contributed by atoms with van der Waals surface area (Å²) >= 11 is 16.9. The molecule has 30 heavy (non-hydrogen) atoms. The van der Waals surface area contributed by atoms with Crippen molar-refractivity contribution in [3.8, 4) is 0 Å². The van der Waals surface area contributed by atoms with E-state index in [-0.39, 0.29) is 20.4 Å². The average Bonchev–Trinajstić information content (AvgIpc) is 2.67. The van der Waals surface area contributed by atoms with Crippen molar-refractivity contribution in [2.75, 3.05) is 0 Å². The van der Waals surface area contributed by atoms with E-state index in [4.69, 9.17) is 39.9 Å². The molecule has 2 aromatic heterocycles. The van der Waals surface area contributed by atoms with Crippen LogP contribution in [0.4, 0.5) is 0 Å². The zero-order valence-electron chi connectivity index (χ0n) is 14.1. The fourth-order valence-corrected chi connectivity index (χ4v) is 2.91. The van der Waals surface area contributed by atoms with Gasteiger partial charge in [0.05, 0.1) is 26.6 Å². The van der Waals surface area contributed by atoms with Crippen molar-refractivity contribution in [2.45, 2.75) is 14.9 Å². The van der Waals surface area contributed by atoms with Crippen LogP contribution in [0.5, 0.6) is 0 Å². The molecule has 4 aromatic rings. The molecule has 8 heteroatoms. The molecule has 5 nitrogen and oxygen atoms in total. The molecule has 0 aliphatic rings. The summed E-state index contributed by atoms with van der Waals surface area (Å²) in [5, 5.41) is 10.9. The lowest BCUT2D eigenvalue weighted by Gasteiger charge is -1.99. The average molecular weight is 466 g/mol. The van der Waals surface area contributed by atoms with Gasteiger partial charge in [-0.3, -0.25) is 14.8 Å². The Labute approximate surface area is 189 Å². The van der Waals surface area contributed by atoms with Crippen molar-refractivity contribution in [3.63, 3.8) is 0 Å². The van der Waals surface area contributed by atoms with Crippen LogP contribution in [0.1, 0.15) is 35.6 Å². The SMILES string of the molecule is C.C.O=C(Cl)c1ccc2ncc(Cl)cc2c1.O=C(O)c1ccc2ncc(Cl)cc2c1. The van der Waals surface area contributed by atoms with Crippen LogP contribution in [0.25, 0.3) is 21.8 Å². The van der Waals surface area contributed by atoms with Gasteiger partial charge in [0.2, 0.25) is 0 Å². The first-order chi connectivity index (χ1) is 13.3. The van der Waals surface area contributed by atoms with Gasteiger partial charge < -0.3 is 5.11 Å². The minimum absolute atomic E-state index is 0. The number of aromatic carboxylic acids is 1. The van der Waals surface area contributed by atoms with Crippen molar-refractivity contribution in [1.29, 1.82) is 0 Å². The van der Waals surface area contributed by atoms with E-state index in [0.717, 1.165) is 21.8 Å². The van der Waals surface area contributed by atoms with Crippen molar-refractivity contribution in [1.82, 2.24) is 9.97 Å². The van der Waals surface area contributed by atoms with E-state index in [1.165, 1.54) is 12.3 Å². The van der Waals surface area contributed by atoms with E-state index >= 15 is 0 Å². The van der Waals surface area contributed by atoms with Gasteiger partial charge in [0.1, 0.15) is 0 Å². The lowest BCUT2D eigenvalue weighted by molar-refractivity contribution is 0.0697. The fraction of sp³-hybridized carbons (Fsp3) is 0.0909. The first kappa shape index (κ1) is 25.3. The molecular weight excluding hydrogens is 447 g/mol. The van der Waals surface area contributed by atoms with Crippen molar-refractivity contribution < 1.29 is 14.7 Å². The Morgan fingerprint density at radius 1 is 0.733 bits per heavy atom. The van der Waals surface area contributed by atoms with Crippen LogP contribution in [0, 0.1) is 0 Å². The number of hydrogen-bond donors (Lipinski definition) is 1. The highest BCUT2D eigenvalue weighted by molar-refractivity contribution is 6.67. The van der Waals surface area contributed by atoms with Gasteiger partial charge in [-0.1, -0.05) is 38.1 Å². The number of carboxylic acid groups (broad SMARTS) is 1. The monoisotopic (exact) mass is 464 g/mol. The summed E-state index contributed by atoms with van der Waals surface area (Å²) in [7, 11) is 0. The second kappa shape index (κ2) is 10.9. The molecule has 0 bridgehead atoms. The zero-order chi connectivity index (χ0) is 20.3. The Balaban J connectivity index is 0.000000281. The molecule has 0 fully saturated rings. The smallest absolute Gasteiger partial charge is 0.335 e. The van der Waals surface area contributed by atoms with Gasteiger partial charge in [0.15, 0.2) is 0 Å². The molecule has 0 radical (unpaired) electrons. The maximum absolute atomic E-state index is 10.9. The molecule has 156 valence electrons. The maximum Gasteiger partial charge on any atom is 0.335 e. The van der Waals surface area contributed by atoms with E-state index in [1.54, 1.807) is 48.7 Å². The molecule has 4 rings (SSSR count). The Morgan fingerprint density at radius 3 is 1.60 bits per heavy atom. The summed E-state index contributed by atoms with van der Waals surface area (Å²) < 4.78 is 0. The largest absolute Gasteiger partial charge is 0.478 e. The van der Waals surface area contributed by atoms with Crippen LogP contribution < -0.4 is 0 Å². The third-order valence-corrected chi connectivity index (χ3v) is 4.40. The van der Waals surface area contributed by atoms with Crippen LogP contribution >= 0.6 is 34.8 Å². The summed E-state index contributed by atoms with van der Waals surface area (Å²) in [6, 6.07) is 13.2. The summed E-state index contributed by atoms with van der Waals surface area (Å²) in [5.74, 6) is -0.952. The van der Waals surface area contributed by atoms with Gasteiger partial charge in [-0.15, -0.1) is 0 Å². The first-order valence-electron chi connectivity index (χ1n) is 7.87. The molecule has 2 aromatic carbocycles. The predicted octanol–water partition coefficient (Wildman–Crippen LogP) is 7.13. The molecule has 0 aliphatic carbocycles. The lowest BCUT2D eigenvalue weighted by Crippen LogP contribution is -1.95. The Bertz CT molecular complexity index is 1120. The number of fused-ring (bicyclic) bond motifs is 2. The van der Waals surface area contributed by atoms with Crippen LogP contribution in [0.3, 0.4) is 0 Å². The van der Waals surface area contributed by atoms with E-state index in [9.17, 15) is 9.59 Å². The zero-order valence-corrected chi connectivity index (χ0v) is 16.3. The third-order valence-electron chi connectivity index (χ3n) is 3.77. The number of benzene rings is 2. The van der Waals surface area contributed by atoms with E-state index < -0.39 is 11.2 Å². The van der Waals surface area contributed by atoms with Crippen molar-refractivity contribution in [3.05, 3.63) is 82.1 Å². The summed E-state index contributed by atoms with van der Waals surface area (Å²) in [4.78, 5) is 29.7. The van der Waals surface area contributed by atoms with Gasteiger partial charge in [-0.05, 0) is 60.1 Å². The van der Waals surface area contributed by atoms with E-state index in [0.29, 0.717) is 15.6 Å². The highest BCUT2D eigenvalue weighted by atomic mass is 35.5. The van der Waals surface area contributed by atoms with Crippen LogP contribution in [-0.2, 0) is 0 Å². The highest BCUT2D eigenvalue weighted by Gasteiger charge is 2.04. The molecule has 0 aliphatic heterocycles. The van der Waals surface area contributed by atoms with Crippen LogP contribution in [0.2, 0.25) is 10.0 Å². The fourth-order valence-electron chi connectivity index (χ4n) is 2.46. The third kappa shape index (κ3) is 6.13. The van der Waals surface area contributed by atoms with Crippen LogP contribution in [0.15, 0.2) is 60.9 Å². The number of rotatable bonds is 2. The molecular formula is C22H19Cl3N2O3. The van der Waals surface area contributed by atoms with Crippen molar-refractivity contribution in [2.24, 2.45) is 0 Å². The van der Waals surface area contributed by atoms with Gasteiger partial charge in [0, 0.05) is 28.7 Å². The normalized spacial score (nSPS) is 9.70.